The summed E-state index contributed by atoms with van der Waals surface area (Å²) in [4.78, 5) is 38.5. The first-order valence-electron chi connectivity index (χ1n) is 10.3. The van der Waals surface area contributed by atoms with E-state index >= 15 is 0 Å². The van der Waals surface area contributed by atoms with E-state index in [2.05, 4.69) is 26.3 Å². The molecule has 1 aromatic carbocycles. The highest BCUT2D eigenvalue weighted by molar-refractivity contribution is 6.04. The third-order valence-electron chi connectivity index (χ3n) is 6.30. The summed E-state index contributed by atoms with van der Waals surface area (Å²) in [7, 11) is 0. The monoisotopic (exact) mass is 415 g/mol. The molecule has 0 unspecified atom stereocenters. The van der Waals surface area contributed by atoms with Crippen LogP contribution in [-0.4, -0.2) is 49.8 Å². The number of imidazole rings is 1. The summed E-state index contributed by atoms with van der Waals surface area (Å²) in [5.41, 5.74) is 8.81. The molecule has 0 aliphatic carbocycles. The fourth-order valence-electron chi connectivity index (χ4n) is 4.90. The van der Waals surface area contributed by atoms with Gasteiger partial charge in [-0.15, -0.1) is 0 Å². The molecule has 2 aliphatic rings. The first kappa shape index (κ1) is 19.1. The second-order valence-corrected chi connectivity index (χ2v) is 8.11. The zero-order valence-electron chi connectivity index (χ0n) is 16.7. The number of nitrogens with zero attached hydrogens (tertiary/aromatic N) is 4. The van der Waals surface area contributed by atoms with Gasteiger partial charge in [0.2, 0.25) is 0 Å². The number of hydrogen-bond acceptors (Lipinski definition) is 6. The van der Waals surface area contributed by atoms with E-state index in [1.54, 1.807) is 24.3 Å². The number of primary amides is 1. The van der Waals surface area contributed by atoms with E-state index in [1.807, 2.05) is 4.90 Å². The first-order chi connectivity index (χ1) is 15.0. The minimum absolute atomic E-state index is 0.00753. The molecule has 2 fully saturated rings. The van der Waals surface area contributed by atoms with Crippen molar-refractivity contribution in [2.75, 3.05) is 5.32 Å². The summed E-state index contributed by atoms with van der Waals surface area (Å²) in [5, 5.41) is 12.5. The van der Waals surface area contributed by atoms with Crippen LogP contribution in [0.2, 0.25) is 0 Å². The Kier molecular flexibility index (Phi) is 4.55. The molecule has 0 spiro atoms. The maximum absolute atomic E-state index is 13.1. The number of nitriles is 1. The highest BCUT2D eigenvalue weighted by Crippen LogP contribution is 2.38. The molecule has 2 aliphatic heterocycles. The van der Waals surface area contributed by atoms with Crippen LogP contribution >= 0.6 is 0 Å². The quantitative estimate of drug-likeness (QED) is 0.596. The number of fused-ring (bicyclic) bond motifs is 3. The number of aromatic amines is 1. The fraction of sp³-hybridized carbons (Fsp3) is 0.318. The van der Waals surface area contributed by atoms with E-state index in [1.165, 1.54) is 12.5 Å². The Morgan fingerprint density at radius 3 is 2.52 bits per heavy atom. The summed E-state index contributed by atoms with van der Waals surface area (Å²) in [6, 6.07) is 9.20. The SMILES string of the molecule is N#Cc1ccc(C(=O)N2[C@H]3CC[C@H]2CC(Nc2c(C(N)=O)cnc4nc[nH]c24)C3)cc1. The number of H-pyrrole nitrogens is 1. The molecule has 2 amide bonds. The number of hydrogen-bond donors (Lipinski definition) is 3. The van der Waals surface area contributed by atoms with Crippen molar-refractivity contribution >= 4 is 28.7 Å². The molecule has 0 radical (unpaired) electrons. The van der Waals surface area contributed by atoms with E-state index in [0.29, 0.717) is 33.5 Å². The smallest absolute Gasteiger partial charge is 0.254 e. The van der Waals surface area contributed by atoms with Crippen molar-refractivity contribution in [3.63, 3.8) is 0 Å². The van der Waals surface area contributed by atoms with Crippen LogP contribution in [0.4, 0.5) is 5.69 Å². The lowest BCUT2D eigenvalue weighted by Crippen LogP contribution is -2.49. The largest absolute Gasteiger partial charge is 0.380 e. The average molecular weight is 415 g/mol. The van der Waals surface area contributed by atoms with Crippen LogP contribution < -0.4 is 11.1 Å². The number of amides is 2. The van der Waals surface area contributed by atoms with Crippen molar-refractivity contribution in [2.45, 2.75) is 43.8 Å². The number of rotatable bonds is 4. The highest BCUT2D eigenvalue weighted by atomic mass is 16.2. The number of nitrogens with two attached hydrogens (primary N) is 1. The number of benzene rings is 1. The topological polar surface area (TPSA) is 141 Å². The van der Waals surface area contributed by atoms with Gasteiger partial charge in [-0.1, -0.05) is 0 Å². The Bertz CT molecular complexity index is 1200. The van der Waals surface area contributed by atoms with Gasteiger partial charge >= 0.3 is 0 Å². The molecule has 4 heterocycles. The van der Waals surface area contributed by atoms with Gasteiger partial charge in [-0.25, -0.2) is 9.97 Å². The van der Waals surface area contributed by atoms with Gasteiger partial charge in [-0.3, -0.25) is 9.59 Å². The number of pyridine rings is 1. The van der Waals surface area contributed by atoms with Crippen molar-refractivity contribution in [3.8, 4) is 6.07 Å². The second kappa shape index (κ2) is 7.40. The summed E-state index contributed by atoms with van der Waals surface area (Å²) in [6.07, 6.45) is 6.43. The molecular weight excluding hydrogens is 394 g/mol. The molecule has 9 nitrogen and oxygen atoms in total. The Labute approximate surface area is 178 Å². The van der Waals surface area contributed by atoms with Crippen molar-refractivity contribution in [1.82, 2.24) is 19.9 Å². The van der Waals surface area contributed by atoms with Crippen LogP contribution in [0.5, 0.6) is 0 Å². The molecule has 156 valence electrons. The summed E-state index contributed by atoms with van der Waals surface area (Å²) >= 11 is 0. The van der Waals surface area contributed by atoms with Crippen molar-refractivity contribution in [2.24, 2.45) is 5.73 Å². The van der Waals surface area contributed by atoms with Gasteiger partial charge in [0.15, 0.2) is 5.65 Å². The lowest BCUT2D eigenvalue weighted by atomic mass is 9.95. The number of aromatic nitrogens is 3. The minimum Gasteiger partial charge on any atom is -0.380 e. The van der Waals surface area contributed by atoms with Crippen molar-refractivity contribution < 1.29 is 9.59 Å². The van der Waals surface area contributed by atoms with Gasteiger partial charge in [0.05, 0.1) is 29.2 Å². The van der Waals surface area contributed by atoms with Gasteiger partial charge in [-0.05, 0) is 49.9 Å². The molecule has 5 rings (SSSR count). The number of carbonyl (C=O) groups excluding carboxylic acids is 2. The lowest BCUT2D eigenvalue weighted by molar-refractivity contribution is 0.0583. The highest BCUT2D eigenvalue weighted by Gasteiger charge is 2.43. The minimum atomic E-state index is -0.553. The molecule has 31 heavy (non-hydrogen) atoms. The van der Waals surface area contributed by atoms with Crippen molar-refractivity contribution in [3.05, 3.63) is 53.5 Å². The number of piperidine rings is 1. The van der Waals surface area contributed by atoms with Crippen LogP contribution in [0.1, 0.15) is 52.0 Å². The van der Waals surface area contributed by atoms with E-state index < -0.39 is 5.91 Å². The Balaban J connectivity index is 1.37. The molecule has 4 N–H and O–H groups in total. The molecule has 2 bridgehead atoms. The number of carbonyl (C=O) groups is 2. The van der Waals surface area contributed by atoms with Crippen LogP contribution in [0, 0.1) is 11.3 Å². The third-order valence-corrected chi connectivity index (χ3v) is 6.30. The van der Waals surface area contributed by atoms with Crippen LogP contribution in [0.25, 0.3) is 11.2 Å². The standard InChI is InChI=1S/C22H21N7O2/c23-9-12-1-3-13(4-2-12)22(31)29-15-5-6-16(29)8-14(7-15)28-18-17(20(24)30)10-25-21-19(18)26-11-27-21/h1-4,10-11,14-16H,5-8H2,(H2,24,30)(H2,25,26,27,28)/t15-,16-/m0/s1. The van der Waals surface area contributed by atoms with Gasteiger partial charge in [0, 0.05) is 29.9 Å². The zero-order valence-corrected chi connectivity index (χ0v) is 16.7. The van der Waals surface area contributed by atoms with E-state index in [0.717, 1.165) is 25.7 Å². The maximum atomic E-state index is 13.1. The molecule has 2 aromatic heterocycles. The van der Waals surface area contributed by atoms with Crippen molar-refractivity contribution in [1.29, 1.82) is 5.26 Å². The zero-order chi connectivity index (χ0) is 21.5. The average Bonchev–Trinajstić information content (AvgIpc) is 3.36. The van der Waals surface area contributed by atoms with Crippen LogP contribution in [-0.2, 0) is 0 Å². The van der Waals surface area contributed by atoms with Gasteiger partial charge in [0.1, 0.15) is 5.52 Å². The molecule has 9 heteroatoms. The molecule has 0 saturated carbocycles. The molecule has 2 atom stereocenters. The van der Waals surface area contributed by atoms with Gasteiger partial charge in [-0.2, -0.15) is 5.26 Å². The Hall–Kier alpha value is -3.93. The molecule has 3 aromatic rings. The summed E-state index contributed by atoms with van der Waals surface area (Å²) in [5.74, 6) is -0.545. The third kappa shape index (κ3) is 3.26. The predicted octanol–water partition coefficient (Wildman–Crippen LogP) is 2.18. The van der Waals surface area contributed by atoms with Gasteiger partial charge in [0.25, 0.3) is 11.8 Å². The van der Waals surface area contributed by atoms with E-state index in [-0.39, 0.29) is 24.0 Å². The Morgan fingerprint density at radius 1 is 1.16 bits per heavy atom. The normalized spacial score (nSPS) is 22.3. The molecule has 2 saturated heterocycles. The summed E-state index contributed by atoms with van der Waals surface area (Å²) in [6.45, 7) is 0. The maximum Gasteiger partial charge on any atom is 0.254 e. The summed E-state index contributed by atoms with van der Waals surface area (Å²) < 4.78 is 0. The fourth-order valence-corrected chi connectivity index (χ4v) is 4.90. The van der Waals surface area contributed by atoms with Crippen LogP contribution in [0.15, 0.2) is 36.8 Å². The first-order valence-corrected chi connectivity index (χ1v) is 10.3. The van der Waals surface area contributed by atoms with E-state index in [9.17, 15) is 9.59 Å². The van der Waals surface area contributed by atoms with E-state index in [4.69, 9.17) is 11.0 Å². The van der Waals surface area contributed by atoms with Crippen LogP contribution in [0.3, 0.4) is 0 Å². The number of anilines is 1. The second-order valence-electron chi connectivity index (χ2n) is 8.11. The van der Waals surface area contributed by atoms with Gasteiger partial charge < -0.3 is 20.9 Å². The Morgan fingerprint density at radius 2 is 1.87 bits per heavy atom. The molecular formula is C22H21N7O2. The number of nitrogens with one attached hydrogen (secondary N) is 2. The lowest BCUT2D eigenvalue weighted by Gasteiger charge is -2.39. The predicted molar refractivity (Wildman–Crippen MR) is 113 cm³/mol.